The lowest BCUT2D eigenvalue weighted by atomic mass is 10.1. The maximum absolute atomic E-state index is 10.1. The Morgan fingerprint density at radius 1 is 0.714 bits per heavy atom. The van der Waals surface area contributed by atoms with Gasteiger partial charge in [-0.2, -0.15) is 0 Å². The summed E-state index contributed by atoms with van der Waals surface area (Å²) < 4.78 is 0.774. The molecule has 0 aliphatic carbocycles. The molecule has 0 spiro atoms. The van der Waals surface area contributed by atoms with Crippen molar-refractivity contribution in [3.05, 3.63) is 35.9 Å². The minimum Gasteiger partial charge on any atom is -0.388 e. The van der Waals surface area contributed by atoms with Crippen molar-refractivity contribution in [3.63, 3.8) is 0 Å². The Morgan fingerprint density at radius 3 is 1.64 bits per heavy atom. The Morgan fingerprint density at radius 2 is 1.18 bits per heavy atom. The third-order valence-corrected chi connectivity index (χ3v) is 5.65. The van der Waals surface area contributed by atoms with Crippen molar-refractivity contribution in [3.8, 4) is 0 Å². The lowest BCUT2D eigenvalue weighted by Crippen LogP contribution is -2.54. The summed E-state index contributed by atoms with van der Waals surface area (Å²) >= 11 is 0. The Hall–Kier alpha value is -0.900. The van der Waals surface area contributed by atoms with Crippen molar-refractivity contribution in [2.45, 2.75) is 104 Å². The monoisotopic (exact) mass is 392 g/mol. The van der Waals surface area contributed by atoms with Crippen molar-refractivity contribution in [2.75, 3.05) is 19.6 Å². The second-order valence-electron chi connectivity index (χ2n) is 8.95. The molecule has 162 valence electrons. The van der Waals surface area contributed by atoms with E-state index < -0.39 is 0 Å². The van der Waals surface area contributed by atoms with Crippen LogP contribution in [0.2, 0.25) is 0 Å². The smallest absolute Gasteiger partial charge is 0.105 e. The average Bonchev–Trinajstić information content (AvgIpc) is 2.63. The number of aliphatic hydroxyl groups excluding tert-OH is 2. The highest BCUT2D eigenvalue weighted by atomic mass is 16.3. The van der Waals surface area contributed by atoms with Gasteiger partial charge in [0.25, 0.3) is 0 Å². The summed E-state index contributed by atoms with van der Waals surface area (Å²) in [4.78, 5) is 0. The normalized spacial score (nSPS) is 15.9. The molecule has 0 aliphatic heterocycles. The molecule has 0 radical (unpaired) electrons. The largest absolute Gasteiger partial charge is 0.388 e. The van der Waals surface area contributed by atoms with Gasteiger partial charge in [-0.15, -0.1) is 0 Å². The van der Waals surface area contributed by atoms with Crippen LogP contribution in [0.5, 0.6) is 0 Å². The van der Waals surface area contributed by atoms with Gasteiger partial charge >= 0.3 is 0 Å². The van der Waals surface area contributed by atoms with E-state index >= 15 is 0 Å². The van der Waals surface area contributed by atoms with E-state index in [1.807, 2.05) is 19.9 Å². The molecule has 2 N–H and O–H groups in total. The Balaban J connectivity index is 2.48. The maximum Gasteiger partial charge on any atom is 0.105 e. The van der Waals surface area contributed by atoms with Crippen LogP contribution in [0.3, 0.4) is 0 Å². The number of hydrogen-bond acceptors (Lipinski definition) is 2. The molecular weight excluding hydrogens is 346 g/mol. The predicted molar refractivity (Wildman–Crippen MR) is 120 cm³/mol. The van der Waals surface area contributed by atoms with Crippen LogP contribution in [0.4, 0.5) is 0 Å². The fraction of sp³-hybridized carbons (Fsp3) is 0.760. The van der Waals surface area contributed by atoms with Gasteiger partial charge in [0, 0.05) is 5.56 Å². The lowest BCUT2D eigenvalue weighted by molar-refractivity contribution is -0.946. The van der Waals surface area contributed by atoms with Gasteiger partial charge in [0.1, 0.15) is 31.8 Å². The summed E-state index contributed by atoms with van der Waals surface area (Å²) in [5.41, 5.74) is 1.29. The minimum absolute atomic E-state index is 0.356. The van der Waals surface area contributed by atoms with E-state index in [4.69, 9.17) is 0 Å². The average molecular weight is 393 g/mol. The van der Waals surface area contributed by atoms with E-state index in [9.17, 15) is 10.2 Å². The van der Waals surface area contributed by atoms with Gasteiger partial charge in [0.2, 0.25) is 0 Å². The molecule has 2 unspecified atom stereocenters. The molecule has 0 saturated heterocycles. The fourth-order valence-corrected chi connectivity index (χ4v) is 4.49. The molecule has 1 aromatic rings. The summed E-state index contributed by atoms with van der Waals surface area (Å²) in [5.74, 6) is 0. The first-order chi connectivity index (χ1) is 13.5. The van der Waals surface area contributed by atoms with Crippen molar-refractivity contribution >= 4 is 0 Å². The molecule has 0 fully saturated rings. The molecule has 1 aromatic carbocycles. The van der Waals surface area contributed by atoms with Crippen molar-refractivity contribution < 1.29 is 14.7 Å². The van der Waals surface area contributed by atoms with E-state index in [2.05, 4.69) is 31.2 Å². The third-order valence-electron chi connectivity index (χ3n) is 5.65. The zero-order chi connectivity index (χ0) is 20.7. The first-order valence-corrected chi connectivity index (χ1v) is 11.7. The molecule has 2 atom stereocenters. The maximum atomic E-state index is 10.1. The van der Waals surface area contributed by atoms with Gasteiger partial charge in [-0.3, -0.25) is 0 Å². The molecule has 0 heterocycles. The fourth-order valence-electron chi connectivity index (χ4n) is 4.49. The predicted octanol–water partition coefficient (Wildman–Crippen LogP) is 5.69. The molecule has 3 nitrogen and oxygen atoms in total. The van der Waals surface area contributed by atoms with Crippen LogP contribution in [0.15, 0.2) is 30.3 Å². The van der Waals surface area contributed by atoms with Gasteiger partial charge in [-0.1, -0.05) is 88.6 Å². The first-order valence-electron chi connectivity index (χ1n) is 11.7. The summed E-state index contributed by atoms with van der Waals surface area (Å²) in [6.07, 6.45) is 12.6. The molecule has 3 heteroatoms. The number of hydrogen-bond donors (Lipinski definition) is 2. The minimum atomic E-state index is -0.356. The third kappa shape index (κ3) is 11.8. The summed E-state index contributed by atoms with van der Waals surface area (Å²) in [7, 11) is 0. The quantitative estimate of drug-likeness (QED) is 0.264. The number of benzene rings is 1. The van der Waals surface area contributed by atoms with Crippen molar-refractivity contribution in [1.82, 2.24) is 0 Å². The van der Waals surface area contributed by atoms with Crippen LogP contribution in [0.1, 0.15) is 90.5 Å². The van der Waals surface area contributed by atoms with E-state index in [0.29, 0.717) is 13.1 Å². The summed E-state index contributed by atoms with van der Waals surface area (Å²) in [6, 6.07) is 10.5. The lowest BCUT2D eigenvalue weighted by Gasteiger charge is -2.41. The number of unbranched alkanes of at least 4 members (excludes halogenated alkanes) is 9. The number of aliphatic hydroxyl groups is 2. The number of rotatable bonds is 17. The Kier molecular flexibility index (Phi) is 13.5. The molecule has 0 saturated carbocycles. The van der Waals surface area contributed by atoms with E-state index in [-0.39, 0.29) is 12.2 Å². The van der Waals surface area contributed by atoms with Crippen LogP contribution < -0.4 is 0 Å². The van der Waals surface area contributed by atoms with E-state index in [0.717, 1.165) is 17.6 Å². The molecular formula is C25H46NO2+. The second-order valence-corrected chi connectivity index (χ2v) is 8.95. The van der Waals surface area contributed by atoms with E-state index in [1.54, 1.807) is 0 Å². The van der Waals surface area contributed by atoms with Crippen molar-refractivity contribution in [2.24, 2.45) is 0 Å². The van der Waals surface area contributed by atoms with Crippen LogP contribution in [-0.2, 0) is 6.54 Å². The zero-order valence-electron chi connectivity index (χ0n) is 18.8. The Labute approximate surface area is 174 Å². The molecule has 28 heavy (non-hydrogen) atoms. The summed E-state index contributed by atoms with van der Waals surface area (Å²) in [5, 5.41) is 20.3. The highest BCUT2D eigenvalue weighted by Crippen LogP contribution is 2.20. The molecule has 0 aliphatic rings. The molecule has 0 bridgehead atoms. The van der Waals surface area contributed by atoms with E-state index in [1.165, 1.54) is 69.8 Å². The molecule has 0 amide bonds. The van der Waals surface area contributed by atoms with Crippen LogP contribution in [0.25, 0.3) is 0 Å². The number of quaternary nitrogens is 1. The van der Waals surface area contributed by atoms with Crippen LogP contribution in [-0.4, -0.2) is 46.5 Å². The second kappa shape index (κ2) is 15.0. The van der Waals surface area contributed by atoms with Gasteiger partial charge in [0.15, 0.2) is 0 Å². The highest BCUT2D eigenvalue weighted by Gasteiger charge is 2.30. The first kappa shape index (κ1) is 25.1. The SMILES string of the molecule is CCCCCCCCCCCC[N+](Cc1ccccc1)(CC(C)O)CC(C)O. The van der Waals surface area contributed by atoms with Gasteiger partial charge < -0.3 is 14.7 Å². The Bertz CT molecular complexity index is 463. The standard InChI is InChI=1S/C25H46NO2/c1-4-5-6-7-8-9-10-11-12-16-19-26(20-23(2)27,21-24(3)28)22-25-17-14-13-15-18-25/h13-15,17-18,23-24,27-28H,4-12,16,19-22H2,1-3H3/q+1. The van der Waals surface area contributed by atoms with Crippen LogP contribution in [0, 0.1) is 0 Å². The van der Waals surface area contributed by atoms with Crippen molar-refractivity contribution in [1.29, 1.82) is 0 Å². The zero-order valence-corrected chi connectivity index (χ0v) is 18.8. The van der Waals surface area contributed by atoms with Gasteiger partial charge in [-0.05, 0) is 26.7 Å². The van der Waals surface area contributed by atoms with Gasteiger partial charge in [0.05, 0.1) is 6.54 Å². The highest BCUT2D eigenvalue weighted by molar-refractivity contribution is 5.13. The van der Waals surface area contributed by atoms with Gasteiger partial charge in [-0.25, -0.2) is 0 Å². The molecule has 0 aromatic heterocycles. The molecule has 1 rings (SSSR count). The summed E-state index contributed by atoms with van der Waals surface area (Å²) in [6.45, 7) is 9.34. The number of nitrogens with zero attached hydrogens (tertiary/aromatic N) is 1. The topological polar surface area (TPSA) is 40.5 Å². The van der Waals surface area contributed by atoms with Crippen LogP contribution >= 0.6 is 0 Å².